The third kappa shape index (κ3) is 4.82. The molecule has 3 nitrogen and oxygen atoms in total. The maximum Gasteiger partial charge on any atom is 3.00 e. The first-order chi connectivity index (χ1) is 6.20. The minimum atomic E-state index is -0.454. The molecule has 0 aliphatic carbocycles. The van der Waals surface area contributed by atoms with Crippen LogP contribution in [-0.2, 0) is 39.1 Å². The number of rotatable bonds is 4. The van der Waals surface area contributed by atoms with Gasteiger partial charge in [-0.2, -0.15) is 35.9 Å². The van der Waals surface area contributed by atoms with Crippen LogP contribution < -0.4 is 0 Å². The van der Waals surface area contributed by atoms with Gasteiger partial charge >= 0.3 is 32.7 Å². The Morgan fingerprint density at radius 1 is 1.50 bits per heavy atom. The molecule has 1 unspecified atom stereocenters. The molecule has 1 aromatic rings. The minimum absolute atomic E-state index is 0. The van der Waals surface area contributed by atoms with E-state index in [1.807, 2.05) is 24.3 Å². The fourth-order valence-corrected chi connectivity index (χ4v) is 1.07. The molecule has 0 fully saturated rings. The fraction of sp³-hybridized carbons (Fsp3) is 0.400. The van der Waals surface area contributed by atoms with Crippen molar-refractivity contribution in [2.24, 2.45) is 0 Å². The van der Waals surface area contributed by atoms with E-state index in [0.717, 1.165) is 12.0 Å². The van der Waals surface area contributed by atoms with E-state index in [9.17, 15) is 10.1 Å². The number of hydrogen-bond acceptors (Lipinski definition) is 2. The third-order valence-corrected chi connectivity index (χ3v) is 2.00. The van der Waals surface area contributed by atoms with Crippen molar-refractivity contribution in [3.63, 3.8) is 0 Å². The molecule has 0 aliphatic heterocycles. The van der Waals surface area contributed by atoms with Crippen LogP contribution in [0.25, 0.3) is 0 Å². The molecule has 0 saturated heterocycles. The van der Waals surface area contributed by atoms with Gasteiger partial charge in [0, 0.05) is 18.3 Å². The summed E-state index contributed by atoms with van der Waals surface area (Å²) in [5.74, 6) is 0. The van der Waals surface area contributed by atoms with Crippen LogP contribution in [-0.4, -0.2) is 11.0 Å². The van der Waals surface area contributed by atoms with Crippen LogP contribution in [0.15, 0.2) is 24.3 Å². The molecule has 0 radical (unpaired) electrons. The zero-order chi connectivity index (χ0) is 9.68. The third-order valence-electron chi connectivity index (χ3n) is 2.00. The maximum atomic E-state index is 10.3. The summed E-state index contributed by atoms with van der Waals surface area (Å²) in [4.78, 5) is 10.1. The summed E-state index contributed by atoms with van der Waals surface area (Å²) in [5.41, 5.74) is 1.13. The van der Waals surface area contributed by atoms with Gasteiger partial charge < -0.3 is 0 Å². The Hall–Kier alpha value is -0.276. The van der Waals surface area contributed by atoms with E-state index in [4.69, 9.17) is 0 Å². The van der Waals surface area contributed by atoms with Gasteiger partial charge in [-0.1, -0.05) is 0 Å². The first-order valence-corrected chi connectivity index (χ1v) is 4.28. The predicted molar refractivity (Wildman–Crippen MR) is 50.1 cm³/mol. The zero-order valence-corrected chi connectivity index (χ0v) is 11.0. The number of benzene rings is 1. The van der Waals surface area contributed by atoms with Crippen LogP contribution in [0.3, 0.4) is 0 Å². The summed E-state index contributed by atoms with van der Waals surface area (Å²) >= 11 is 0. The van der Waals surface area contributed by atoms with Crippen LogP contribution in [0.4, 0.5) is 0 Å². The van der Waals surface area contributed by atoms with Crippen LogP contribution >= 0.6 is 0 Å². The molecule has 1 atom stereocenters. The second-order valence-electron chi connectivity index (χ2n) is 3.08. The number of aryl methyl sites for hydroxylation is 1. The van der Waals surface area contributed by atoms with Crippen LogP contribution in [0.1, 0.15) is 18.9 Å². The standard InChI is InChI=1S/C10H12NO2.Y/c1-9(11(12)13)7-8-10-5-3-2-4-6-10;/h3-6,9H,7-8H2,1H3;/q-1;+3. The Kier molecular flexibility index (Phi) is 6.93. The molecule has 1 rings (SSSR count). The zero-order valence-electron chi connectivity index (χ0n) is 8.14. The molecule has 0 N–H and O–H groups in total. The van der Waals surface area contributed by atoms with E-state index in [1.165, 1.54) is 0 Å². The normalized spacial score (nSPS) is 11.5. The average Bonchev–Trinajstić information content (AvgIpc) is 2.15. The van der Waals surface area contributed by atoms with Gasteiger partial charge in [-0.3, -0.25) is 10.1 Å². The summed E-state index contributed by atoms with van der Waals surface area (Å²) in [6.45, 7) is 1.63. The van der Waals surface area contributed by atoms with Gasteiger partial charge in [0.25, 0.3) is 0 Å². The topological polar surface area (TPSA) is 43.1 Å². The number of nitrogens with zero attached hydrogens (tertiary/aromatic N) is 1. The molecular formula is C10H12NO2Y+2. The molecule has 4 heteroatoms. The number of hydrogen-bond donors (Lipinski definition) is 0. The SMILES string of the molecule is CC(CCc1cc[c-]cc1)[N+](=O)[O-].[Y+3]. The van der Waals surface area contributed by atoms with Gasteiger partial charge in [-0.05, 0) is 6.42 Å². The molecule has 0 aromatic heterocycles. The maximum absolute atomic E-state index is 10.3. The van der Waals surface area contributed by atoms with Gasteiger partial charge in [0.15, 0.2) is 0 Å². The first kappa shape index (κ1) is 13.7. The Morgan fingerprint density at radius 2 is 2.07 bits per heavy atom. The van der Waals surface area contributed by atoms with Gasteiger partial charge in [0.1, 0.15) is 0 Å². The van der Waals surface area contributed by atoms with Crippen molar-refractivity contribution < 1.29 is 37.6 Å². The second-order valence-corrected chi connectivity index (χ2v) is 3.08. The first-order valence-electron chi connectivity index (χ1n) is 4.28. The molecular weight excluding hydrogens is 255 g/mol. The Labute approximate surface area is 109 Å². The van der Waals surface area contributed by atoms with Gasteiger partial charge in [0.05, 0.1) is 0 Å². The molecule has 14 heavy (non-hydrogen) atoms. The van der Waals surface area contributed by atoms with Crippen molar-refractivity contribution in [3.05, 3.63) is 46.0 Å². The summed E-state index contributed by atoms with van der Waals surface area (Å²) < 4.78 is 0. The molecule has 0 heterocycles. The van der Waals surface area contributed by atoms with Crippen molar-refractivity contribution >= 4 is 0 Å². The summed E-state index contributed by atoms with van der Waals surface area (Å²) in [6, 6.07) is 9.98. The Bertz CT molecular complexity index is 277. The van der Waals surface area contributed by atoms with Crippen LogP contribution in [0.5, 0.6) is 0 Å². The quantitative estimate of drug-likeness (QED) is 0.476. The Morgan fingerprint density at radius 3 is 2.57 bits per heavy atom. The molecule has 70 valence electrons. The van der Waals surface area contributed by atoms with Crippen LogP contribution in [0.2, 0.25) is 0 Å². The van der Waals surface area contributed by atoms with E-state index in [0.29, 0.717) is 6.42 Å². The van der Waals surface area contributed by atoms with Crippen molar-refractivity contribution in [1.82, 2.24) is 0 Å². The summed E-state index contributed by atoms with van der Waals surface area (Å²) in [6.07, 6.45) is 1.36. The van der Waals surface area contributed by atoms with Crippen molar-refractivity contribution in [2.45, 2.75) is 25.8 Å². The van der Waals surface area contributed by atoms with E-state index < -0.39 is 6.04 Å². The van der Waals surface area contributed by atoms with Gasteiger partial charge in [-0.25, -0.2) is 0 Å². The number of nitro groups is 1. The largest absolute Gasteiger partial charge is 3.00 e. The smallest absolute Gasteiger partial charge is 0.264 e. The molecule has 0 aliphatic rings. The van der Waals surface area contributed by atoms with Crippen molar-refractivity contribution in [2.75, 3.05) is 0 Å². The molecule has 0 saturated carbocycles. The summed E-state index contributed by atoms with van der Waals surface area (Å²) in [5, 5.41) is 10.3. The Balaban J connectivity index is 0.00000169. The van der Waals surface area contributed by atoms with E-state index in [1.54, 1.807) is 6.92 Å². The average molecular weight is 267 g/mol. The minimum Gasteiger partial charge on any atom is -0.264 e. The molecule has 1 aromatic carbocycles. The summed E-state index contributed by atoms with van der Waals surface area (Å²) in [7, 11) is 0. The molecule has 0 amide bonds. The molecule has 0 bridgehead atoms. The second kappa shape index (κ2) is 7.07. The predicted octanol–water partition coefficient (Wildman–Crippen LogP) is 2.08. The van der Waals surface area contributed by atoms with Gasteiger partial charge in [0.2, 0.25) is 6.04 Å². The van der Waals surface area contributed by atoms with Crippen LogP contribution in [0, 0.1) is 16.2 Å². The molecule has 0 spiro atoms. The van der Waals surface area contributed by atoms with E-state index >= 15 is 0 Å². The van der Waals surface area contributed by atoms with E-state index in [-0.39, 0.29) is 37.6 Å². The monoisotopic (exact) mass is 267 g/mol. The van der Waals surface area contributed by atoms with Gasteiger partial charge in [-0.15, -0.1) is 0 Å². The van der Waals surface area contributed by atoms with Crippen molar-refractivity contribution in [3.8, 4) is 0 Å². The van der Waals surface area contributed by atoms with Crippen molar-refractivity contribution in [1.29, 1.82) is 0 Å². The van der Waals surface area contributed by atoms with E-state index in [2.05, 4.69) is 6.07 Å². The fourth-order valence-electron chi connectivity index (χ4n) is 1.07.